The first-order valence-electron chi connectivity index (χ1n) is 13.1. The number of alkyl halides is 2. The molecule has 9 nitrogen and oxygen atoms in total. The van der Waals surface area contributed by atoms with Gasteiger partial charge in [0.1, 0.15) is 17.4 Å². The Labute approximate surface area is 230 Å². The van der Waals surface area contributed by atoms with Gasteiger partial charge in [-0.05, 0) is 63.6 Å². The van der Waals surface area contributed by atoms with E-state index < -0.39 is 45.7 Å². The maximum Gasteiger partial charge on any atom is 0.282 e. The molecular formula is C26H29ClF2N6O3S. The van der Waals surface area contributed by atoms with Crippen molar-refractivity contribution in [2.45, 2.75) is 79.1 Å². The summed E-state index contributed by atoms with van der Waals surface area (Å²) in [7, 11) is -4.00. The number of nitrogens with zero attached hydrogens (tertiary/aromatic N) is 5. The summed E-state index contributed by atoms with van der Waals surface area (Å²) < 4.78 is 56.3. The molecule has 1 aromatic heterocycles. The molecule has 0 spiro atoms. The number of benzene rings is 1. The minimum atomic E-state index is -4.00. The quantitative estimate of drug-likeness (QED) is 0.534. The zero-order valence-electron chi connectivity index (χ0n) is 21.4. The average molecular weight is 579 g/mol. The number of halogens is 3. The van der Waals surface area contributed by atoms with Crippen molar-refractivity contribution in [1.29, 1.82) is 5.26 Å². The molecule has 1 N–H and O–H groups in total. The van der Waals surface area contributed by atoms with Crippen LogP contribution in [-0.2, 0) is 14.6 Å². The first kappa shape index (κ1) is 26.3. The summed E-state index contributed by atoms with van der Waals surface area (Å²) in [6.07, 6.45) is 4.15. The number of carbonyl (C=O) groups is 1. The highest BCUT2D eigenvalue weighted by molar-refractivity contribution is 7.92. The van der Waals surface area contributed by atoms with Crippen LogP contribution >= 0.6 is 11.6 Å². The van der Waals surface area contributed by atoms with Gasteiger partial charge in [-0.25, -0.2) is 21.9 Å². The molecule has 0 bridgehead atoms. The van der Waals surface area contributed by atoms with Crippen LogP contribution in [0, 0.1) is 18.3 Å². The minimum absolute atomic E-state index is 0.0149. The maximum atomic E-state index is 13.9. The van der Waals surface area contributed by atoms with Gasteiger partial charge in [-0.1, -0.05) is 11.6 Å². The molecule has 0 unspecified atom stereocenters. The van der Waals surface area contributed by atoms with Crippen molar-refractivity contribution in [3.05, 3.63) is 35.0 Å². The highest BCUT2D eigenvalue weighted by atomic mass is 35.5. The predicted octanol–water partition coefficient (Wildman–Crippen LogP) is 3.62. The molecule has 2 aliphatic heterocycles. The van der Waals surface area contributed by atoms with Crippen molar-refractivity contribution >= 4 is 38.9 Å². The number of anilines is 2. The third-order valence-electron chi connectivity index (χ3n) is 8.32. The van der Waals surface area contributed by atoms with E-state index in [0.29, 0.717) is 24.3 Å². The van der Waals surface area contributed by atoms with Gasteiger partial charge in [0.05, 0.1) is 46.1 Å². The van der Waals surface area contributed by atoms with Gasteiger partial charge in [-0.15, -0.1) is 0 Å². The highest BCUT2D eigenvalue weighted by Gasteiger charge is 2.50. The molecule has 3 heterocycles. The Balaban J connectivity index is 1.30. The first-order valence-corrected chi connectivity index (χ1v) is 15.1. The molecule has 0 radical (unpaired) electrons. The van der Waals surface area contributed by atoms with E-state index in [1.54, 1.807) is 4.90 Å². The smallest absolute Gasteiger partial charge is 0.282 e. The first-order chi connectivity index (χ1) is 18.4. The van der Waals surface area contributed by atoms with Gasteiger partial charge in [-0.3, -0.25) is 4.79 Å². The lowest BCUT2D eigenvalue weighted by atomic mass is 9.93. The summed E-state index contributed by atoms with van der Waals surface area (Å²) >= 11 is 6.42. The lowest BCUT2D eigenvalue weighted by Gasteiger charge is -2.40. The van der Waals surface area contributed by atoms with Crippen LogP contribution in [0.3, 0.4) is 0 Å². The highest BCUT2D eigenvalue weighted by Crippen LogP contribution is 2.41. The van der Waals surface area contributed by atoms with Crippen molar-refractivity contribution in [2.24, 2.45) is 0 Å². The van der Waals surface area contributed by atoms with Crippen LogP contribution in [0.2, 0.25) is 5.02 Å². The zero-order valence-corrected chi connectivity index (χ0v) is 23.0. The molecule has 1 amide bonds. The summed E-state index contributed by atoms with van der Waals surface area (Å²) in [5.74, 6) is -2.46. The molecule has 208 valence electrons. The Morgan fingerprint density at radius 3 is 2.51 bits per heavy atom. The van der Waals surface area contributed by atoms with Gasteiger partial charge in [0.2, 0.25) is 5.91 Å². The number of sulfone groups is 1. The minimum Gasteiger partial charge on any atom is -0.359 e. The second kappa shape index (κ2) is 9.06. The molecule has 2 saturated heterocycles. The third kappa shape index (κ3) is 4.63. The van der Waals surface area contributed by atoms with E-state index in [4.69, 9.17) is 11.6 Å². The summed E-state index contributed by atoms with van der Waals surface area (Å²) in [6, 6.07) is 7.66. The fraction of sp³-hybridized carbons (Fsp3) is 0.577. The number of aryl methyl sites for hydroxylation is 1. The fourth-order valence-corrected chi connectivity index (χ4v) is 7.88. The van der Waals surface area contributed by atoms with Crippen LogP contribution in [0.1, 0.15) is 50.3 Å². The van der Waals surface area contributed by atoms with Crippen molar-refractivity contribution in [3.8, 4) is 6.07 Å². The van der Waals surface area contributed by atoms with Crippen LogP contribution in [0.15, 0.2) is 29.2 Å². The lowest BCUT2D eigenvalue weighted by Crippen LogP contribution is -2.56. The summed E-state index contributed by atoms with van der Waals surface area (Å²) in [4.78, 5) is 16.6. The number of aromatic nitrogens is 2. The predicted molar refractivity (Wildman–Crippen MR) is 141 cm³/mol. The van der Waals surface area contributed by atoms with E-state index in [9.17, 15) is 27.3 Å². The number of carbonyl (C=O) groups excluding carboxylic acids is 1. The van der Waals surface area contributed by atoms with E-state index in [1.807, 2.05) is 17.7 Å². The van der Waals surface area contributed by atoms with Gasteiger partial charge in [-0.2, -0.15) is 10.4 Å². The number of rotatable bonds is 7. The second-order valence-corrected chi connectivity index (χ2v) is 13.9. The Hall–Kier alpha value is -2.91. The van der Waals surface area contributed by atoms with Gasteiger partial charge >= 0.3 is 0 Å². The van der Waals surface area contributed by atoms with E-state index in [1.165, 1.54) is 23.1 Å². The van der Waals surface area contributed by atoms with Gasteiger partial charge in [0, 0.05) is 18.3 Å². The number of amides is 1. The maximum absolute atomic E-state index is 13.9. The molecule has 2 atom stereocenters. The number of hydrogen-bond donors (Lipinski definition) is 1. The number of hydrogen-bond acceptors (Lipinski definition) is 7. The Morgan fingerprint density at radius 2 is 1.95 bits per heavy atom. The van der Waals surface area contributed by atoms with Crippen LogP contribution < -0.4 is 15.1 Å². The van der Waals surface area contributed by atoms with E-state index in [-0.39, 0.29) is 34.8 Å². The van der Waals surface area contributed by atoms with Gasteiger partial charge < -0.3 is 15.1 Å². The zero-order chi connectivity index (χ0) is 27.7. The molecule has 6 rings (SSSR count). The van der Waals surface area contributed by atoms with E-state index in [2.05, 4.69) is 16.5 Å². The van der Waals surface area contributed by atoms with Crippen LogP contribution in [0.5, 0.6) is 0 Å². The van der Waals surface area contributed by atoms with E-state index >= 15 is 0 Å². The lowest BCUT2D eigenvalue weighted by molar-refractivity contribution is -0.122. The Morgan fingerprint density at radius 1 is 1.23 bits per heavy atom. The van der Waals surface area contributed by atoms with Crippen LogP contribution in [0.25, 0.3) is 0 Å². The van der Waals surface area contributed by atoms with Crippen molar-refractivity contribution in [1.82, 2.24) is 15.1 Å². The molecular weight excluding hydrogens is 550 g/mol. The van der Waals surface area contributed by atoms with Crippen LogP contribution in [0.4, 0.5) is 20.3 Å². The van der Waals surface area contributed by atoms with Crippen molar-refractivity contribution in [3.63, 3.8) is 0 Å². The average Bonchev–Trinajstić information content (AvgIpc) is 3.27. The normalized spacial score (nSPS) is 25.5. The fourth-order valence-electron chi connectivity index (χ4n) is 5.64. The Bertz CT molecular complexity index is 1470. The summed E-state index contributed by atoms with van der Waals surface area (Å²) in [5, 5.41) is 16.0. The van der Waals surface area contributed by atoms with Gasteiger partial charge in [0.15, 0.2) is 9.84 Å². The van der Waals surface area contributed by atoms with Gasteiger partial charge in [0.25, 0.3) is 5.92 Å². The summed E-state index contributed by atoms with van der Waals surface area (Å²) in [5.41, 5.74) is 0.311. The molecule has 4 fully saturated rings. The SMILES string of the molecule is Cc1cc(N2C[C@H](S(=O)(=O)c3ccc(N4CC(F)(F)C4)cc3Cl)C[C@H]2C(=O)NC2(C#N)CC2)n(C2CCC2)n1. The number of nitriles is 1. The standard InChI is InChI=1S/C26H29ClF2N6O3S/c1-16-9-23(35(32-16)17-3-2-4-17)34-12-19(11-21(34)24(36)31-25(13-30)7-8-25)39(37,38)22-6-5-18(10-20(22)27)33-14-26(28,29)15-33/h5-6,9-10,17,19,21H,2-4,7-8,11-12,14-15H2,1H3,(H,31,36)/t19-,21+/m1/s1. The van der Waals surface area contributed by atoms with E-state index in [0.717, 1.165) is 25.0 Å². The molecule has 2 aromatic rings. The monoisotopic (exact) mass is 578 g/mol. The topological polar surface area (TPSA) is 111 Å². The van der Waals surface area contributed by atoms with Crippen molar-refractivity contribution < 1.29 is 22.0 Å². The third-order valence-corrected chi connectivity index (χ3v) is 10.9. The molecule has 4 aliphatic rings. The molecule has 2 aliphatic carbocycles. The second-order valence-electron chi connectivity index (χ2n) is 11.3. The van der Waals surface area contributed by atoms with Crippen molar-refractivity contribution in [2.75, 3.05) is 29.4 Å². The molecule has 13 heteroatoms. The molecule has 2 saturated carbocycles. The molecule has 39 heavy (non-hydrogen) atoms. The largest absolute Gasteiger partial charge is 0.359 e. The Kier molecular flexibility index (Phi) is 6.11. The number of nitrogens with one attached hydrogen (secondary N) is 1. The molecule has 1 aromatic carbocycles. The van der Waals surface area contributed by atoms with Crippen LogP contribution in [-0.4, -0.2) is 66.5 Å². The summed E-state index contributed by atoms with van der Waals surface area (Å²) in [6.45, 7) is 1.03.